The summed E-state index contributed by atoms with van der Waals surface area (Å²) in [4.78, 5) is 0. The molecule has 0 radical (unpaired) electrons. The Morgan fingerprint density at radius 1 is 1.42 bits per heavy atom. The summed E-state index contributed by atoms with van der Waals surface area (Å²) in [5, 5.41) is 9.51. The van der Waals surface area contributed by atoms with E-state index in [4.69, 9.17) is 0 Å². The van der Waals surface area contributed by atoms with Crippen LogP contribution in [0.3, 0.4) is 0 Å². The van der Waals surface area contributed by atoms with Crippen LogP contribution in [0, 0.1) is 11.3 Å². The minimum Gasteiger partial charge on any atom is -0.393 e. The van der Waals surface area contributed by atoms with Crippen molar-refractivity contribution in [2.75, 3.05) is 0 Å². The molecule has 12 heavy (non-hydrogen) atoms. The highest BCUT2D eigenvalue weighted by Gasteiger charge is 2.21. The Hall–Kier alpha value is -0.300. The van der Waals surface area contributed by atoms with E-state index in [0.29, 0.717) is 17.8 Å². The van der Waals surface area contributed by atoms with Crippen molar-refractivity contribution in [3.05, 3.63) is 12.7 Å². The fourth-order valence-corrected chi connectivity index (χ4v) is 1.05. The molecule has 0 aromatic rings. The van der Waals surface area contributed by atoms with E-state index < -0.39 is 0 Å². The van der Waals surface area contributed by atoms with Crippen LogP contribution < -0.4 is 0 Å². The van der Waals surface area contributed by atoms with Crippen LogP contribution in [0.1, 0.15) is 40.5 Å². The molecule has 0 aromatic carbocycles. The second-order valence-corrected chi connectivity index (χ2v) is 4.68. The second-order valence-electron chi connectivity index (χ2n) is 4.68. The van der Waals surface area contributed by atoms with Gasteiger partial charge in [0.25, 0.3) is 0 Å². The zero-order valence-electron chi connectivity index (χ0n) is 8.80. The molecular formula is C11H22O. The highest BCUT2D eigenvalue weighted by atomic mass is 16.3. The zero-order valence-corrected chi connectivity index (χ0v) is 8.80. The molecule has 0 rings (SSSR count). The van der Waals surface area contributed by atoms with Gasteiger partial charge in [-0.05, 0) is 24.2 Å². The Balaban J connectivity index is 3.83. The molecule has 0 aliphatic heterocycles. The van der Waals surface area contributed by atoms with Crippen LogP contribution in [0.25, 0.3) is 0 Å². The number of rotatable bonds is 4. The third kappa shape index (κ3) is 4.55. The van der Waals surface area contributed by atoms with Gasteiger partial charge < -0.3 is 5.11 Å². The summed E-state index contributed by atoms with van der Waals surface area (Å²) in [6.45, 7) is 12.4. The Kier molecular flexibility index (Phi) is 4.54. The van der Waals surface area contributed by atoms with Crippen LogP contribution >= 0.6 is 0 Å². The lowest BCUT2D eigenvalue weighted by Crippen LogP contribution is -2.22. The lowest BCUT2D eigenvalue weighted by molar-refractivity contribution is 0.112. The first-order chi connectivity index (χ1) is 5.38. The summed E-state index contributed by atoms with van der Waals surface area (Å²) in [6.07, 6.45) is 3.15. The third-order valence-electron chi connectivity index (χ3n) is 2.54. The first kappa shape index (κ1) is 11.7. The molecule has 0 amide bonds. The van der Waals surface area contributed by atoms with Gasteiger partial charge >= 0.3 is 0 Å². The van der Waals surface area contributed by atoms with E-state index in [1.807, 2.05) is 0 Å². The number of hydrogen-bond donors (Lipinski definition) is 1. The molecule has 1 heteroatoms. The molecule has 0 aromatic heterocycles. The standard InChI is InChI=1S/C11H22O/c1-6-7-10(12)8-9(2)11(3,4)5/h6,9-10,12H,1,7-8H2,2-5H3. The maximum atomic E-state index is 9.51. The summed E-state index contributed by atoms with van der Waals surface area (Å²) in [7, 11) is 0. The van der Waals surface area contributed by atoms with Gasteiger partial charge in [-0.15, -0.1) is 6.58 Å². The van der Waals surface area contributed by atoms with Crippen molar-refractivity contribution >= 4 is 0 Å². The van der Waals surface area contributed by atoms with Gasteiger partial charge in [-0.3, -0.25) is 0 Å². The Bertz CT molecular complexity index is 132. The van der Waals surface area contributed by atoms with E-state index in [9.17, 15) is 5.11 Å². The topological polar surface area (TPSA) is 20.2 Å². The maximum absolute atomic E-state index is 9.51. The van der Waals surface area contributed by atoms with Gasteiger partial charge in [0, 0.05) is 0 Å². The Morgan fingerprint density at radius 3 is 2.25 bits per heavy atom. The molecule has 2 atom stereocenters. The highest BCUT2D eigenvalue weighted by Crippen LogP contribution is 2.29. The fourth-order valence-electron chi connectivity index (χ4n) is 1.05. The van der Waals surface area contributed by atoms with Gasteiger partial charge in [-0.2, -0.15) is 0 Å². The van der Waals surface area contributed by atoms with E-state index in [-0.39, 0.29) is 6.10 Å². The van der Waals surface area contributed by atoms with Crippen molar-refractivity contribution in [1.82, 2.24) is 0 Å². The predicted octanol–water partition coefficient (Wildman–Crippen LogP) is 3.00. The molecule has 0 saturated carbocycles. The van der Waals surface area contributed by atoms with Gasteiger partial charge in [0.1, 0.15) is 0 Å². The van der Waals surface area contributed by atoms with Gasteiger partial charge in [0.15, 0.2) is 0 Å². The molecule has 0 saturated heterocycles. The zero-order chi connectivity index (χ0) is 9.78. The Morgan fingerprint density at radius 2 is 1.92 bits per heavy atom. The first-order valence-electron chi connectivity index (χ1n) is 4.67. The molecule has 0 aliphatic rings. The monoisotopic (exact) mass is 170 g/mol. The summed E-state index contributed by atoms with van der Waals surface area (Å²) in [5.74, 6) is 0.549. The van der Waals surface area contributed by atoms with Crippen LogP contribution in [0.4, 0.5) is 0 Å². The molecule has 2 unspecified atom stereocenters. The van der Waals surface area contributed by atoms with Crippen LogP contribution in [-0.2, 0) is 0 Å². The maximum Gasteiger partial charge on any atom is 0.0577 e. The van der Waals surface area contributed by atoms with Gasteiger partial charge in [-0.1, -0.05) is 33.8 Å². The van der Waals surface area contributed by atoms with Gasteiger partial charge in [0.2, 0.25) is 0 Å². The van der Waals surface area contributed by atoms with Gasteiger partial charge in [-0.25, -0.2) is 0 Å². The average Bonchev–Trinajstić information content (AvgIpc) is 1.85. The van der Waals surface area contributed by atoms with Crippen molar-refractivity contribution in [3.8, 4) is 0 Å². The Labute approximate surface area is 76.5 Å². The van der Waals surface area contributed by atoms with E-state index >= 15 is 0 Å². The van der Waals surface area contributed by atoms with E-state index in [2.05, 4.69) is 34.3 Å². The van der Waals surface area contributed by atoms with Gasteiger partial charge in [0.05, 0.1) is 6.10 Å². The third-order valence-corrected chi connectivity index (χ3v) is 2.54. The molecule has 72 valence electrons. The lowest BCUT2D eigenvalue weighted by Gasteiger charge is -2.28. The summed E-state index contributed by atoms with van der Waals surface area (Å²) in [5.41, 5.74) is 0.294. The van der Waals surface area contributed by atoms with E-state index in [1.165, 1.54) is 0 Å². The quantitative estimate of drug-likeness (QED) is 0.643. The average molecular weight is 170 g/mol. The number of aliphatic hydroxyl groups excluding tert-OH is 1. The van der Waals surface area contributed by atoms with Crippen molar-refractivity contribution in [3.63, 3.8) is 0 Å². The van der Waals surface area contributed by atoms with E-state index in [1.54, 1.807) is 6.08 Å². The van der Waals surface area contributed by atoms with E-state index in [0.717, 1.165) is 6.42 Å². The van der Waals surface area contributed by atoms with Crippen LogP contribution in [0.15, 0.2) is 12.7 Å². The second kappa shape index (κ2) is 4.66. The minimum absolute atomic E-state index is 0.211. The molecule has 0 spiro atoms. The smallest absolute Gasteiger partial charge is 0.0577 e. The number of aliphatic hydroxyl groups is 1. The largest absolute Gasteiger partial charge is 0.393 e. The van der Waals surface area contributed by atoms with Crippen LogP contribution in [0.2, 0.25) is 0 Å². The van der Waals surface area contributed by atoms with Crippen molar-refractivity contribution in [1.29, 1.82) is 0 Å². The normalized spacial score (nSPS) is 17.1. The highest BCUT2D eigenvalue weighted by molar-refractivity contribution is 4.77. The number of hydrogen-bond acceptors (Lipinski definition) is 1. The van der Waals surface area contributed by atoms with Crippen LogP contribution in [-0.4, -0.2) is 11.2 Å². The van der Waals surface area contributed by atoms with Crippen molar-refractivity contribution < 1.29 is 5.11 Å². The predicted molar refractivity (Wildman–Crippen MR) is 54.1 cm³/mol. The van der Waals surface area contributed by atoms with Crippen molar-refractivity contribution in [2.45, 2.75) is 46.6 Å². The molecule has 1 nitrogen and oxygen atoms in total. The first-order valence-corrected chi connectivity index (χ1v) is 4.67. The molecular weight excluding hydrogens is 148 g/mol. The molecule has 1 N–H and O–H groups in total. The van der Waals surface area contributed by atoms with Crippen molar-refractivity contribution in [2.24, 2.45) is 11.3 Å². The fraction of sp³-hybridized carbons (Fsp3) is 0.818. The summed E-state index contributed by atoms with van der Waals surface area (Å²) in [6, 6.07) is 0. The lowest BCUT2D eigenvalue weighted by atomic mass is 9.78. The molecule has 0 heterocycles. The minimum atomic E-state index is -0.211. The SMILES string of the molecule is C=CCC(O)CC(C)C(C)(C)C. The van der Waals surface area contributed by atoms with Crippen LogP contribution in [0.5, 0.6) is 0 Å². The molecule has 0 bridgehead atoms. The molecule has 0 aliphatic carbocycles. The summed E-state index contributed by atoms with van der Waals surface area (Å²) >= 11 is 0. The molecule has 0 fully saturated rings. The summed E-state index contributed by atoms with van der Waals surface area (Å²) < 4.78 is 0.